The lowest BCUT2D eigenvalue weighted by atomic mass is 9.97. The Kier molecular flexibility index (Phi) is 4.11. The van der Waals surface area contributed by atoms with Crippen LogP contribution in [-0.4, -0.2) is 35.7 Å². The number of carbonyl (C=O) groups excluding carboxylic acids is 1. The van der Waals surface area contributed by atoms with Crippen LogP contribution in [-0.2, 0) is 4.79 Å². The van der Waals surface area contributed by atoms with E-state index < -0.39 is 17.7 Å². The van der Waals surface area contributed by atoms with Crippen molar-refractivity contribution in [3.05, 3.63) is 0 Å². The van der Waals surface area contributed by atoms with Crippen LogP contribution in [0.1, 0.15) is 19.8 Å². The van der Waals surface area contributed by atoms with Crippen LogP contribution in [0.2, 0.25) is 0 Å². The minimum absolute atomic E-state index is 0.153. The minimum Gasteiger partial charge on any atom is -0.341 e. The zero-order valence-electron chi connectivity index (χ0n) is 8.05. The van der Waals surface area contributed by atoms with Gasteiger partial charge in [0.25, 0.3) is 0 Å². The van der Waals surface area contributed by atoms with Gasteiger partial charge in [0.15, 0.2) is 0 Å². The van der Waals surface area contributed by atoms with Crippen molar-refractivity contribution in [3.63, 3.8) is 0 Å². The number of carbonyl (C=O) groups is 1. The number of nitrogens with zero attached hydrogens (tertiary/aromatic N) is 1. The van der Waals surface area contributed by atoms with Crippen LogP contribution < -0.4 is 0 Å². The number of halogens is 3. The van der Waals surface area contributed by atoms with Crippen LogP contribution in [0.5, 0.6) is 0 Å². The predicted octanol–water partition coefficient (Wildman–Crippen LogP) is 2.12. The summed E-state index contributed by atoms with van der Waals surface area (Å²) in [4.78, 5) is 12.9. The predicted molar refractivity (Wildman–Crippen MR) is 50.6 cm³/mol. The van der Waals surface area contributed by atoms with Crippen molar-refractivity contribution in [2.45, 2.75) is 31.6 Å². The van der Waals surface area contributed by atoms with Crippen LogP contribution >= 0.6 is 11.6 Å². The number of alkyl halides is 3. The van der Waals surface area contributed by atoms with Gasteiger partial charge in [-0.05, 0) is 19.8 Å². The molecule has 2 nitrogen and oxygen atoms in total. The van der Waals surface area contributed by atoms with Gasteiger partial charge < -0.3 is 4.90 Å². The molecule has 0 spiro atoms. The normalized spacial score (nSPS) is 21.4. The molecular formula is C9H14ClF2NO. The van der Waals surface area contributed by atoms with Gasteiger partial charge in [-0.1, -0.05) is 0 Å². The zero-order chi connectivity index (χ0) is 10.7. The average Bonchev–Trinajstić information content (AvgIpc) is 2.16. The van der Waals surface area contributed by atoms with E-state index in [4.69, 9.17) is 11.6 Å². The van der Waals surface area contributed by atoms with Crippen LogP contribution in [0, 0.1) is 5.92 Å². The van der Waals surface area contributed by atoms with Crippen molar-refractivity contribution in [3.8, 4) is 0 Å². The van der Waals surface area contributed by atoms with Gasteiger partial charge in [0.1, 0.15) is 5.38 Å². The highest BCUT2D eigenvalue weighted by atomic mass is 35.5. The number of piperidine rings is 1. The van der Waals surface area contributed by atoms with E-state index in [1.807, 2.05) is 0 Å². The Morgan fingerprint density at radius 3 is 2.29 bits per heavy atom. The lowest BCUT2D eigenvalue weighted by Crippen LogP contribution is -2.42. The van der Waals surface area contributed by atoms with Gasteiger partial charge in [-0.15, -0.1) is 11.6 Å². The van der Waals surface area contributed by atoms with Crippen molar-refractivity contribution < 1.29 is 13.6 Å². The molecule has 1 amide bonds. The molecule has 0 aromatic rings. The lowest BCUT2D eigenvalue weighted by Gasteiger charge is -2.32. The van der Waals surface area contributed by atoms with Gasteiger partial charge in [-0.2, -0.15) is 0 Å². The third-order valence-electron chi connectivity index (χ3n) is 2.55. The minimum atomic E-state index is -2.26. The Hall–Kier alpha value is -0.380. The van der Waals surface area contributed by atoms with Crippen molar-refractivity contribution in [2.75, 3.05) is 13.1 Å². The summed E-state index contributed by atoms with van der Waals surface area (Å²) < 4.78 is 24.6. The van der Waals surface area contributed by atoms with E-state index in [0.717, 1.165) is 0 Å². The molecule has 0 aromatic heterocycles. The largest absolute Gasteiger partial charge is 0.341 e. The SMILES string of the molecule is C[C@H](Cl)C(=O)N1CCC(C(F)F)CC1. The topological polar surface area (TPSA) is 20.3 Å². The number of rotatable bonds is 2. The third kappa shape index (κ3) is 2.80. The summed E-state index contributed by atoms with van der Waals surface area (Å²) in [6.07, 6.45) is -1.50. The second-order valence-corrected chi connectivity index (χ2v) is 4.27. The summed E-state index contributed by atoms with van der Waals surface area (Å²) in [6.45, 7) is 2.42. The number of likely N-dealkylation sites (tertiary alicyclic amines) is 1. The monoisotopic (exact) mass is 225 g/mol. The molecule has 14 heavy (non-hydrogen) atoms. The van der Waals surface area contributed by atoms with Gasteiger partial charge in [0.05, 0.1) is 0 Å². The molecule has 5 heteroatoms. The van der Waals surface area contributed by atoms with Crippen LogP contribution in [0.25, 0.3) is 0 Å². The fraction of sp³-hybridized carbons (Fsp3) is 0.889. The van der Waals surface area contributed by atoms with E-state index in [0.29, 0.717) is 25.9 Å². The first-order valence-corrected chi connectivity index (χ1v) is 5.17. The van der Waals surface area contributed by atoms with Crippen molar-refractivity contribution in [1.82, 2.24) is 4.90 Å². The number of amides is 1. The van der Waals surface area contributed by atoms with E-state index >= 15 is 0 Å². The highest BCUT2D eigenvalue weighted by Crippen LogP contribution is 2.24. The lowest BCUT2D eigenvalue weighted by molar-refractivity contribution is -0.132. The molecule has 0 radical (unpaired) electrons. The first-order chi connectivity index (χ1) is 6.52. The second-order valence-electron chi connectivity index (χ2n) is 3.61. The standard InChI is InChI=1S/C9H14ClF2NO/c1-6(10)9(14)13-4-2-7(3-5-13)8(11)12/h6-8H,2-5H2,1H3/t6-/m0/s1. The van der Waals surface area contributed by atoms with Crippen LogP contribution in [0.15, 0.2) is 0 Å². The molecule has 1 heterocycles. The molecule has 0 saturated carbocycles. The smallest absolute Gasteiger partial charge is 0.241 e. The molecule has 0 bridgehead atoms. The molecule has 0 unspecified atom stereocenters. The van der Waals surface area contributed by atoms with Crippen LogP contribution in [0.4, 0.5) is 8.78 Å². The molecule has 1 aliphatic heterocycles. The van der Waals surface area contributed by atoms with E-state index in [9.17, 15) is 13.6 Å². The maximum atomic E-state index is 12.3. The first kappa shape index (κ1) is 11.7. The highest BCUT2D eigenvalue weighted by Gasteiger charge is 2.29. The summed E-state index contributed by atoms with van der Waals surface area (Å²) in [7, 11) is 0. The van der Waals surface area contributed by atoms with Crippen molar-refractivity contribution in [1.29, 1.82) is 0 Å². The number of hydrogen-bond acceptors (Lipinski definition) is 1. The van der Waals surface area contributed by atoms with Gasteiger partial charge >= 0.3 is 0 Å². The van der Waals surface area contributed by atoms with Gasteiger partial charge in [-0.25, -0.2) is 8.78 Å². The van der Waals surface area contributed by atoms with E-state index in [1.165, 1.54) is 0 Å². The summed E-state index contributed by atoms with van der Waals surface area (Å²) in [5.41, 5.74) is 0. The van der Waals surface area contributed by atoms with E-state index in [-0.39, 0.29) is 5.91 Å². The Labute approximate surface area is 87.2 Å². The summed E-state index contributed by atoms with van der Waals surface area (Å²) in [5.74, 6) is -0.705. The molecule has 1 aliphatic rings. The quantitative estimate of drug-likeness (QED) is 0.660. The van der Waals surface area contributed by atoms with Gasteiger partial charge in [0.2, 0.25) is 12.3 Å². The Morgan fingerprint density at radius 1 is 1.43 bits per heavy atom. The summed E-state index contributed by atoms with van der Waals surface area (Å²) in [5, 5.41) is -0.557. The zero-order valence-corrected chi connectivity index (χ0v) is 8.81. The Bertz CT molecular complexity index is 203. The molecule has 82 valence electrons. The molecular weight excluding hydrogens is 212 g/mol. The maximum Gasteiger partial charge on any atom is 0.241 e. The van der Waals surface area contributed by atoms with Crippen molar-refractivity contribution >= 4 is 17.5 Å². The Balaban J connectivity index is 2.39. The fourth-order valence-electron chi connectivity index (χ4n) is 1.62. The molecule has 0 aromatic carbocycles. The van der Waals surface area contributed by atoms with Crippen LogP contribution in [0.3, 0.4) is 0 Å². The average molecular weight is 226 g/mol. The second kappa shape index (κ2) is 4.91. The fourth-order valence-corrected chi connectivity index (χ4v) is 1.76. The van der Waals surface area contributed by atoms with Crippen molar-refractivity contribution in [2.24, 2.45) is 5.92 Å². The molecule has 1 fully saturated rings. The molecule has 1 rings (SSSR count). The Morgan fingerprint density at radius 2 is 1.93 bits per heavy atom. The molecule has 1 atom stereocenters. The maximum absolute atomic E-state index is 12.3. The third-order valence-corrected chi connectivity index (χ3v) is 2.73. The van der Waals surface area contributed by atoms with E-state index in [1.54, 1.807) is 11.8 Å². The molecule has 1 saturated heterocycles. The van der Waals surface area contributed by atoms with E-state index in [2.05, 4.69) is 0 Å². The highest BCUT2D eigenvalue weighted by molar-refractivity contribution is 6.30. The first-order valence-electron chi connectivity index (χ1n) is 4.73. The summed E-state index contributed by atoms with van der Waals surface area (Å²) >= 11 is 5.62. The van der Waals surface area contributed by atoms with Gasteiger partial charge in [-0.3, -0.25) is 4.79 Å². The molecule has 0 aliphatic carbocycles. The summed E-state index contributed by atoms with van der Waals surface area (Å²) in [6, 6.07) is 0. The van der Waals surface area contributed by atoms with Gasteiger partial charge in [0, 0.05) is 19.0 Å². The number of hydrogen-bond donors (Lipinski definition) is 0. The molecule has 0 N–H and O–H groups in total.